The molecule has 0 spiro atoms. The van der Waals surface area contributed by atoms with Gasteiger partial charge in [-0.25, -0.2) is 0 Å². The van der Waals surface area contributed by atoms with Crippen molar-refractivity contribution < 1.29 is 9.59 Å². The van der Waals surface area contributed by atoms with Crippen molar-refractivity contribution in [2.75, 3.05) is 65.4 Å². The molecule has 0 aliphatic heterocycles. The van der Waals surface area contributed by atoms with Gasteiger partial charge in [0.25, 0.3) is 0 Å². The first kappa shape index (κ1) is 49.8. The Hall–Kier alpha value is -1.22. The quantitative estimate of drug-likeness (QED) is 0.0467. The second kappa shape index (κ2) is 41.5. The molecule has 0 aromatic heterocycles. The van der Waals surface area contributed by atoms with Crippen LogP contribution in [0.1, 0.15) is 200 Å². The molecule has 0 fully saturated rings. The molecule has 304 valence electrons. The van der Waals surface area contributed by atoms with Crippen molar-refractivity contribution in [3.8, 4) is 0 Å². The number of hydrogen-bond donors (Lipinski definition) is 4. The van der Waals surface area contributed by atoms with Gasteiger partial charge in [-0.2, -0.15) is 0 Å². The first-order valence-corrected chi connectivity index (χ1v) is 22.5. The number of nitrogens with two attached hydrogens (primary N) is 2. The highest BCUT2D eigenvalue weighted by Gasteiger charge is 2.14. The summed E-state index contributed by atoms with van der Waals surface area (Å²) in [5.74, 6) is 0.0667. The topological polar surface area (TPSA) is 117 Å². The average Bonchev–Trinajstić information content (AvgIpc) is 3.14. The molecule has 0 aliphatic rings. The van der Waals surface area contributed by atoms with E-state index in [0.29, 0.717) is 6.42 Å². The predicted molar refractivity (Wildman–Crippen MR) is 222 cm³/mol. The summed E-state index contributed by atoms with van der Waals surface area (Å²) in [6.07, 6.45) is 36.1. The SMILES string of the molecule is CCCCCCCCCCCCCCN(CCCCCCCCCCCCCC)C(=O)CNC(=O)CCCNCCCN(CCCN)CCCN. The summed E-state index contributed by atoms with van der Waals surface area (Å²) in [5, 5.41) is 6.40. The van der Waals surface area contributed by atoms with Gasteiger partial charge >= 0.3 is 0 Å². The first-order valence-electron chi connectivity index (χ1n) is 22.5. The molecule has 8 heteroatoms. The lowest BCUT2D eigenvalue weighted by Gasteiger charge is -2.23. The molecule has 0 rings (SSSR count). The maximum absolute atomic E-state index is 13.2. The van der Waals surface area contributed by atoms with Gasteiger partial charge < -0.3 is 31.9 Å². The van der Waals surface area contributed by atoms with E-state index in [-0.39, 0.29) is 18.4 Å². The van der Waals surface area contributed by atoms with Crippen molar-refractivity contribution >= 4 is 11.8 Å². The van der Waals surface area contributed by atoms with Gasteiger partial charge in [0.2, 0.25) is 11.8 Å². The molecule has 0 bridgehead atoms. The highest BCUT2D eigenvalue weighted by Crippen LogP contribution is 2.14. The molecule has 8 nitrogen and oxygen atoms in total. The summed E-state index contributed by atoms with van der Waals surface area (Å²) in [6.45, 7) is 12.7. The fraction of sp³-hybridized carbons (Fsp3) is 0.953. The third-order valence-corrected chi connectivity index (χ3v) is 10.3. The van der Waals surface area contributed by atoms with Gasteiger partial charge in [-0.05, 0) is 84.3 Å². The van der Waals surface area contributed by atoms with E-state index in [1.807, 2.05) is 4.90 Å². The Labute approximate surface area is 318 Å². The van der Waals surface area contributed by atoms with Crippen LogP contribution in [0.5, 0.6) is 0 Å². The van der Waals surface area contributed by atoms with Crippen molar-refractivity contribution in [2.24, 2.45) is 11.5 Å². The molecule has 0 saturated carbocycles. The Bertz CT molecular complexity index is 689. The van der Waals surface area contributed by atoms with Crippen molar-refractivity contribution in [2.45, 2.75) is 200 Å². The largest absolute Gasteiger partial charge is 0.347 e. The molecule has 0 aromatic rings. The maximum atomic E-state index is 13.2. The van der Waals surface area contributed by atoms with Gasteiger partial charge in [0, 0.05) is 19.5 Å². The summed E-state index contributed by atoms with van der Waals surface area (Å²) in [4.78, 5) is 30.3. The molecule has 0 aliphatic carbocycles. The molecule has 2 amide bonds. The molecule has 0 atom stereocenters. The molecule has 6 N–H and O–H groups in total. The number of carbonyl (C=O) groups excluding carboxylic acids is 2. The second-order valence-corrected chi connectivity index (χ2v) is 15.3. The number of nitrogens with zero attached hydrogens (tertiary/aromatic N) is 2. The summed E-state index contributed by atoms with van der Waals surface area (Å²) < 4.78 is 0. The smallest absolute Gasteiger partial charge is 0.241 e. The fourth-order valence-electron chi connectivity index (χ4n) is 6.91. The van der Waals surface area contributed by atoms with E-state index in [1.165, 1.54) is 141 Å². The van der Waals surface area contributed by atoms with Crippen molar-refractivity contribution in [1.29, 1.82) is 0 Å². The number of rotatable bonds is 42. The highest BCUT2D eigenvalue weighted by atomic mass is 16.2. The zero-order chi connectivity index (χ0) is 37.3. The van der Waals surface area contributed by atoms with Gasteiger partial charge in [0.1, 0.15) is 0 Å². The zero-order valence-electron chi connectivity index (χ0n) is 34.4. The molecule has 0 unspecified atom stereocenters. The van der Waals surface area contributed by atoms with Gasteiger partial charge in [-0.3, -0.25) is 9.59 Å². The van der Waals surface area contributed by atoms with E-state index in [2.05, 4.69) is 29.4 Å². The van der Waals surface area contributed by atoms with Crippen LogP contribution >= 0.6 is 0 Å². The number of amides is 2. The second-order valence-electron chi connectivity index (χ2n) is 15.3. The van der Waals surface area contributed by atoms with Gasteiger partial charge in [-0.15, -0.1) is 0 Å². The van der Waals surface area contributed by atoms with Crippen molar-refractivity contribution in [3.05, 3.63) is 0 Å². The average molecular weight is 723 g/mol. The molecular weight excluding hydrogens is 633 g/mol. The van der Waals surface area contributed by atoms with Gasteiger partial charge in [0.05, 0.1) is 6.54 Å². The standard InChI is InChI=1S/C43H90N6O2/c1-3-5-7-9-11-13-15-17-19-21-23-25-39-49(40-26-24-22-20-18-16-14-12-10-8-6-4-2)43(51)41-47-42(50)31-27-34-46-35-30-38-48(36-28-32-44)37-29-33-45/h46H,3-41,44-45H2,1-2H3,(H,47,50). The number of unbranched alkanes of at least 4 members (excludes halogenated alkanes) is 22. The van der Waals surface area contributed by atoms with E-state index in [0.717, 1.165) is 97.4 Å². The normalized spacial score (nSPS) is 11.5. The lowest BCUT2D eigenvalue weighted by molar-refractivity contribution is -0.133. The molecule has 0 heterocycles. The predicted octanol–water partition coefficient (Wildman–Crippen LogP) is 9.09. The highest BCUT2D eigenvalue weighted by molar-refractivity contribution is 5.84. The summed E-state index contributed by atoms with van der Waals surface area (Å²) in [7, 11) is 0. The van der Waals surface area contributed by atoms with E-state index >= 15 is 0 Å². The van der Waals surface area contributed by atoms with E-state index < -0.39 is 0 Å². The van der Waals surface area contributed by atoms with Gasteiger partial charge in [-0.1, -0.05) is 155 Å². The monoisotopic (exact) mass is 723 g/mol. The van der Waals surface area contributed by atoms with Crippen molar-refractivity contribution in [3.63, 3.8) is 0 Å². The minimum Gasteiger partial charge on any atom is -0.347 e. The Morgan fingerprint density at radius 2 is 0.824 bits per heavy atom. The van der Waals surface area contributed by atoms with Gasteiger partial charge in [0.15, 0.2) is 0 Å². The first-order chi connectivity index (χ1) is 25.1. The van der Waals surface area contributed by atoms with Crippen molar-refractivity contribution in [1.82, 2.24) is 20.4 Å². The van der Waals surface area contributed by atoms with Crippen LogP contribution < -0.4 is 22.1 Å². The van der Waals surface area contributed by atoms with Crippen LogP contribution in [0.3, 0.4) is 0 Å². The van der Waals surface area contributed by atoms with Crippen LogP contribution in [-0.4, -0.2) is 87.1 Å². The zero-order valence-corrected chi connectivity index (χ0v) is 34.4. The molecule has 51 heavy (non-hydrogen) atoms. The third kappa shape index (κ3) is 36.9. The fourth-order valence-corrected chi connectivity index (χ4v) is 6.91. The Morgan fingerprint density at radius 1 is 0.451 bits per heavy atom. The summed E-state index contributed by atoms with van der Waals surface area (Å²) >= 11 is 0. The van der Waals surface area contributed by atoms with Crippen LogP contribution in [0.2, 0.25) is 0 Å². The lowest BCUT2D eigenvalue weighted by Crippen LogP contribution is -2.41. The van der Waals surface area contributed by atoms with E-state index in [9.17, 15) is 9.59 Å². The Kier molecular flexibility index (Phi) is 40.5. The van der Waals surface area contributed by atoms with E-state index in [1.54, 1.807) is 0 Å². The minimum absolute atomic E-state index is 0.0180. The summed E-state index contributed by atoms with van der Waals surface area (Å²) in [6, 6.07) is 0. The Morgan fingerprint density at radius 3 is 1.24 bits per heavy atom. The molecule has 0 radical (unpaired) electrons. The molecule has 0 saturated heterocycles. The number of nitrogens with one attached hydrogen (secondary N) is 2. The summed E-state index contributed by atoms with van der Waals surface area (Å²) in [5.41, 5.74) is 11.4. The lowest BCUT2D eigenvalue weighted by atomic mass is 10.0. The molecular formula is C43H90N6O2. The number of hydrogen-bond acceptors (Lipinski definition) is 6. The van der Waals surface area contributed by atoms with Crippen LogP contribution in [0.25, 0.3) is 0 Å². The number of carbonyl (C=O) groups is 2. The Balaban J connectivity index is 4.31. The van der Waals surface area contributed by atoms with Crippen LogP contribution in [0.4, 0.5) is 0 Å². The third-order valence-electron chi connectivity index (χ3n) is 10.3. The van der Waals surface area contributed by atoms with Crippen LogP contribution in [0, 0.1) is 0 Å². The van der Waals surface area contributed by atoms with Crippen LogP contribution in [-0.2, 0) is 9.59 Å². The van der Waals surface area contributed by atoms with E-state index in [4.69, 9.17) is 11.5 Å². The molecule has 0 aromatic carbocycles. The minimum atomic E-state index is -0.0180. The maximum Gasteiger partial charge on any atom is 0.241 e. The van der Waals surface area contributed by atoms with Crippen LogP contribution in [0.15, 0.2) is 0 Å².